The zero-order chi connectivity index (χ0) is 30.7. The third-order valence-corrected chi connectivity index (χ3v) is 9.07. The molecule has 230 valence electrons. The first kappa shape index (κ1) is 30.5. The van der Waals surface area contributed by atoms with Crippen LogP contribution in [-0.4, -0.2) is 82.0 Å². The van der Waals surface area contributed by atoms with Crippen LogP contribution in [0.5, 0.6) is 23.0 Å². The molecule has 2 heterocycles. The average Bonchev–Trinajstić information content (AvgIpc) is 3.46. The van der Waals surface area contributed by atoms with Gasteiger partial charge in [-0.15, -0.1) is 0 Å². The van der Waals surface area contributed by atoms with Gasteiger partial charge in [0.05, 0.1) is 30.2 Å². The molecule has 12 heteroatoms. The van der Waals surface area contributed by atoms with Crippen LogP contribution in [0.3, 0.4) is 0 Å². The minimum Gasteiger partial charge on any atom is -0.497 e. The summed E-state index contributed by atoms with van der Waals surface area (Å²) in [5.41, 5.74) is 1.49. The second kappa shape index (κ2) is 12.7. The molecule has 3 aromatic rings. The molecule has 0 aromatic heterocycles. The number of likely N-dealkylation sites (N-methyl/N-ethyl adjacent to an activating group) is 1. The zero-order valence-electron chi connectivity index (χ0n) is 24.6. The van der Waals surface area contributed by atoms with E-state index in [1.54, 1.807) is 36.1 Å². The highest BCUT2D eigenvalue weighted by Crippen LogP contribution is 2.34. The van der Waals surface area contributed by atoms with Gasteiger partial charge in [-0.05, 0) is 74.1 Å². The quantitative estimate of drug-likeness (QED) is 0.354. The largest absolute Gasteiger partial charge is 0.497 e. The van der Waals surface area contributed by atoms with E-state index in [1.165, 1.54) is 25.3 Å². The maximum absolute atomic E-state index is 13.8. The summed E-state index contributed by atoms with van der Waals surface area (Å²) in [6.45, 7) is 5.34. The second-order valence-corrected chi connectivity index (χ2v) is 12.7. The molecule has 2 aliphatic heterocycles. The number of hydrogen-bond donors (Lipinski definition) is 2. The third kappa shape index (κ3) is 6.82. The van der Waals surface area contributed by atoms with Gasteiger partial charge in [-0.25, -0.2) is 8.42 Å². The van der Waals surface area contributed by atoms with E-state index < -0.39 is 16.1 Å². The predicted molar refractivity (Wildman–Crippen MR) is 160 cm³/mol. The third-order valence-electron chi connectivity index (χ3n) is 7.67. The molecule has 0 bridgehead atoms. The Labute approximate surface area is 252 Å². The lowest BCUT2D eigenvalue weighted by molar-refractivity contribution is 0.0341. The summed E-state index contributed by atoms with van der Waals surface area (Å²) in [6, 6.07) is 16.1. The van der Waals surface area contributed by atoms with E-state index in [-0.39, 0.29) is 47.5 Å². The SMILES string of the molecule is COc1ccc(S(=O)(=O)Nc2ccc3c(c2)C(=O)N([C@H](C)CO)C[C@@H](C)[C@H](CN(C)Cc2ccc4c(c2)OCO4)O3)cc1. The van der Waals surface area contributed by atoms with E-state index in [4.69, 9.17) is 18.9 Å². The van der Waals surface area contributed by atoms with E-state index in [1.807, 2.05) is 32.2 Å². The molecule has 11 nitrogen and oxygen atoms in total. The van der Waals surface area contributed by atoms with Gasteiger partial charge in [0.1, 0.15) is 17.6 Å². The lowest BCUT2D eigenvalue weighted by Crippen LogP contribution is -2.49. The first-order valence-corrected chi connectivity index (χ1v) is 15.5. The standard InChI is InChI=1S/C31H37N3O8S/c1-20-15-34(21(2)18-35)31(36)26-14-23(32-43(37,38)25-9-7-24(39-4)8-10-25)6-12-27(26)42-30(20)17-33(3)16-22-5-11-28-29(13-22)41-19-40-28/h5-14,20-21,30,32,35H,15-19H2,1-4H3/t20-,21-,30+/m1/s1. The van der Waals surface area contributed by atoms with Crippen molar-refractivity contribution in [2.75, 3.05) is 45.4 Å². The summed E-state index contributed by atoms with van der Waals surface area (Å²) < 4.78 is 51.3. The van der Waals surface area contributed by atoms with E-state index in [0.717, 1.165) is 17.1 Å². The number of aliphatic hydroxyl groups excluding tert-OH is 1. The van der Waals surface area contributed by atoms with Crippen molar-refractivity contribution in [1.82, 2.24) is 9.80 Å². The van der Waals surface area contributed by atoms with E-state index in [2.05, 4.69) is 9.62 Å². The van der Waals surface area contributed by atoms with Crippen molar-refractivity contribution in [2.45, 2.75) is 37.4 Å². The molecule has 0 saturated heterocycles. The molecule has 0 fully saturated rings. The first-order valence-electron chi connectivity index (χ1n) is 14.0. The van der Waals surface area contributed by atoms with Crippen LogP contribution in [0.2, 0.25) is 0 Å². The summed E-state index contributed by atoms with van der Waals surface area (Å²) in [5.74, 6) is 1.92. The Kier molecular flexibility index (Phi) is 9.00. The number of carbonyl (C=O) groups excluding carboxylic acids is 1. The minimum absolute atomic E-state index is 0.0533. The topological polar surface area (TPSA) is 127 Å². The smallest absolute Gasteiger partial charge is 0.261 e. The molecule has 0 unspecified atom stereocenters. The summed E-state index contributed by atoms with van der Waals surface area (Å²) in [5, 5.41) is 9.96. The summed E-state index contributed by atoms with van der Waals surface area (Å²) in [6.07, 6.45) is -0.305. The van der Waals surface area contributed by atoms with Gasteiger partial charge in [0.2, 0.25) is 6.79 Å². The highest BCUT2D eigenvalue weighted by Gasteiger charge is 2.34. The molecule has 0 spiro atoms. The number of sulfonamides is 1. The number of aliphatic hydroxyl groups is 1. The number of nitrogens with one attached hydrogen (secondary N) is 1. The number of carbonyl (C=O) groups is 1. The number of methoxy groups -OCH3 is 1. The van der Waals surface area contributed by atoms with Gasteiger partial charge in [0, 0.05) is 31.2 Å². The fourth-order valence-corrected chi connectivity index (χ4v) is 6.25. The number of anilines is 1. The van der Waals surface area contributed by atoms with Crippen molar-refractivity contribution in [3.63, 3.8) is 0 Å². The second-order valence-electron chi connectivity index (χ2n) is 11.0. The Hall–Kier alpha value is -4.00. The van der Waals surface area contributed by atoms with Crippen LogP contribution in [0, 0.1) is 5.92 Å². The fraction of sp³-hybridized carbons (Fsp3) is 0.387. The number of amides is 1. The lowest BCUT2D eigenvalue weighted by atomic mass is 9.99. The number of nitrogens with zero attached hydrogens (tertiary/aromatic N) is 2. The highest BCUT2D eigenvalue weighted by molar-refractivity contribution is 7.92. The maximum atomic E-state index is 13.8. The number of ether oxygens (including phenoxy) is 4. The Balaban J connectivity index is 1.39. The molecule has 2 N–H and O–H groups in total. The number of fused-ring (bicyclic) bond motifs is 2. The maximum Gasteiger partial charge on any atom is 0.261 e. The molecule has 1 amide bonds. The van der Waals surface area contributed by atoms with E-state index >= 15 is 0 Å². The predicted octanol–water partition coefficient (Wildman–Crippen LogP) is 3.58. The molecular formula is C31H37N3O8S. The van der Waals surface area contributed by atoms with Crippen LogP contribution < -0.4 is 23.7 Å². The normalized spacial score (nSPS) is 18.8. The molecule has 2 aliphatic rings. The molecule has 3 atom stereocenters. The van der Waals surface area contributed by atoms with Crippen LogP contribution in [0.15, 0.2) is 65.6 Å². The number of rotatable bonds is 10. The van der Waals surface area contributed by atoms with Crippen molar-refractivity contribution in [3.05, 3.63) is 71.8 Å². The van der Waals surface area contributed by atoms with Gasteiger partial charge in [0.25, 0.3) is 15.9 Å². The Bertz CT molecular complexity index is 1560. The highest BCUT2D eigenvalue weighted by atomic mass is 32.2. The average molecular weight is 612 g/mol. The number of hydrogen-bond acceptors (Lipinski definition) is 9. The monoisotopic (exact) mass is 611 g/mol. The van der Waals surface area contributed by atoms with Gasteiger partial charge in [-0.2, -0.15) is 0 Å². The van der Waals surface area contributed by atoms with E-state index in [0.29, 0.717) is 31.1 Å². The Morgan fingerprint density at radius 3 is 2.51 bits per heavy atom. The summed E-state index contributed by atoms with van der Waals surface area (Å²) in [4.78, 5) is 17.6. The van der Waals surface area contributed by atoms with Gasteiger partial charge in [0.15, 0.2) is 11.5 Å². The van der Waals surface area contributed by atoms with Crippen LogP contribution in [0.1, 0.15) is 29.8 Å². The molecule has 3 aromatic carbocycles. The molecule has 0 radical (unpaired) electrons. The lowest BCUT2D eigenvalue weighted by Gasteiger charge is -2.38. The minimum atomic E-state index is -3.94. The van der Waals surface area contributed by atoms with Gasteiger partial charge in [-0.1, -0.05) is 13.0 Å². The van der Waals surface area contributed by atoms with Gasteiger partial charge >= 0.3 is 0 Å². The molecule has 43 heavy (non-hydrogen) atoms. The Morgan fingerprint density at radius 1 is 1.07 bits per heavy atom. The summed E-state index contributed by atoms with van der Waals surface area (Å²) in [7, 11) is -0.438. The van der Waals surface area contributed by atoms with Crippen molar-refractivity contribution < 1.29 is 37.3 Å². The molecule has 5 rings (SSSR count). The number of benzene rings is 3. The van der Waals surface area contributed by atoms with Crippen LogP contribution in [-0.2, 0) is 16.6 Å². The molecule has 0 saturated carbocycles. The van der Waals surface area contributed by atoms with Gasteiger partial charge in [-0.3, -0.25) is 14.4 Å². The zero-order valence-corrected chi connectivity index (χ0v) is 25.5. The van der Waals surface area contributed by atoms with Crippen molar-refractivity contribution in [1.29, 1.82) is 0 Å². The molecule has 0 aliphatic carbocycles. The van der Waals surface area contributed by atoms with Crippen molar-refractivity contribution in [3.8, 4) is 23.0 Å². The van der Waals surface area contributed by atoms with E-state index in [9.17, 15) is 18.3 Å². The van der Waals surface area contributed by atoms with Gasteiger partial charge < -0.3 is 29.0 Å². The van der Waals surface area contributed by atoms with Crippen LogP contribution in [0.25, 0.3) is 0 Å². The first-order chi connectivity index (χ1) is 20.6. The van der Waals surface area contributed by atoms with Crippen molar-refractivity contribution >= 4 is 21.6 Å². The van der Waals surface area contributed by atoms with Crippen LogP contribution in [0.4, 0.5) is 5.69 Å². The fourth-order valence-electron chi connectivity index (χ4n) is 5.20. The van der Waals surface area contributed by atoms with Crippen LogP contribution >= 0.6 is 0 Å². The molecular weight excluding hydrogens is 574 g/mol. The summed E-state index contributed by atoms with van der Waals surface area (Å²) >= 11 is 0. The van der Waals surface area contributed by atoms with Crippen molar-refractivity contribution in [2.24, 2.45) is 5.92 Å². The Morgan fingerprint density at radius 2 is 1.79 bits per heavy atom.